The second kappa shape index (κ2) is 7.17. The third-order valence-electron chi connectivity index (χ3n) is 3.81. The van der Waals surface area contributed by atoms with Crippen molar-refractivity contribution in [1.82, 2.24) is 9.78 Å². The van der Waals surface area contributed by atoms with Crippen LogP contribution in [0.3, 0.4) is 0 Å². The summed E-state index contributed by atoms with van der Waals surface area (Å²) in [5, 5.41) is 4.29. The van der Waals surface area contributed by atoms with Gasteiger partial charge in [0.1, 0.15) is 17.3 Å². The maximum absolute atomic E-state index is 14.2. The summed E-state index contributed by atoms with van der Waals surface area (Å²) < 4.78 is 25.7. The van der Waals surface area contributed by atoms with Crippen LogP contribution in [0.25, 0.3) is 11.3 Å². The second-order valence-corrected chi connectivity index (χ2v) is 5.41. The molecule has 3 rings (SSSR count). The Balaban J connectivity index is 1.93. The lowest BCUT2D eigenvalue weighted by Gasteiger charge is -2.09. The topological polar surface area (TPSA) is 53.4 Å². The molecule has 1 heterocycles. The summed E-state index contributed by atoms with van der Waals surface area (Å²) >= 11 is 0. The van der Waals surface area contributed by atoms with Crippen molar-refractivity contribution in [3.05, 3.63) is 76.3 Å². The van der Waals surface area contributed by atoms with Gasteiger partial charge in [-0.3, -0.25) is 4.79 Å². The average Bonchev–Trinajstić information content (AvgIpc) is 2.64. The van der Waals surface area contributed by atoms with Gasteiger partial charge in [0, 0.05) is 17.7 Å². The molecule has 0 unspecified atom stereocenters. The van der Waals surface area contributed by atoms with E-state index in [2.05, 4.69) is 5.10 Å². The first kappa shape index (κ1) is 16.7. The summed E-state index contributed by atoms with van der Waals surface area (Å²) in [5.41, 5.74) is 1.33. The van der Waals surface area contributed by atoms with Crippen LogP contribution in [0.4, 0.5) is 4.39 Å². The number of halogens is 1. The molecule has 1 aromatic heterocycles. The molecule has 0 amide bonds. The predicted molar refractivity (Wildman–Crippen MR) is 92.5 cm³/mol. The fraction of sp³-hybridized carbons (Fsp3) is 0.158. The van der Waals surface area contributed by atoms with E-state index in [4.69, 9.17) is 9.47 Å². The van der Waals surface area contributed by atoms with Crippen LogP contribution in [0, 0.1) is 5.82 Å². The van der Waals surface area contributed by atoms with Crippen molar-refractivity contribution in [2.24, 2.45) is 0 Å². The zero-order valence-corrected chi connectivity index (χ0v) is 13.9. The van der Waals surface area contributed by atoms with Gasteiger partial charge < -0.3 is 9.47 Å². The van der Waals surface area contributed by atoms with Gasteiger partial charge in [-0.1, -0.05) is 12.1 Å². The van der Waals surface area contributed by atoms with Gasteiger partial charge >= 0.3 is 0 Å². The van der Waals surface area contributed by atoms with Crippen molar-refractivity contribution in [2.45, 2.75) is 6.54 Å². The van der Waals surface area contributed by atoms with Crippen molar-refractivity contribution in [3.63, 3.8) is 0 Å². The van der Waals surface area contributed by atoms with Crippen molar-refractivity contribution in [3.8, 4) is 22.8 Å². The SMILES string of the molecule is COc1ccc(Cn2nc(-c3ccc(OC)cc3F)ccc2=O)cc1. The fourth-order valence-corrected chi connectivity index (χ4v) is 2.44. The molecule has 5 nitrogen and oxygen atoms in total. The number of aromatic nitrogens is 2. The van der Waals surface area contributed by atoms with Crippen molar-refractivity contribution < 1.29 is 13.9 Å². The van der Waals surface area contributed by atoms with Crippen LogP contribution in [-0.4, -0.2) is 24.0 Å². The van der Waals surface area contributed by atoms with Gasteiger partial charge in [0.05, 0.1) is 26.5 Å². The minimum absolute atomic E-state index is 0.256. The van der Waals surface area contributed by atoms with Gasteiger partial charge in [-0.25, -0.2) is 9.07 Å². The molecule has 0 radical (unpaired) electrons. The van der Waals surface area contributed by atoms with Gasteiger partial charge in [0.2, 0.25) is 0 Å². The lowest BCUT2D eigenvalue weighted by atomic mass is 10.1. The molecule has 0 N–H and O–H groups in total. The number of ether oxygens (including phenoxy) is 2. The number of benzene rings is 2. The maximum Gasteiger partial charge on any atom is 0.267 e. The van der Waals surface area contributed by atoms with Gasteiger partial charge in [0.25, 0.3) is 5.56 Å². The van der Waals surface area contributed by atoms with E-state index >= 15 is 0 Å². The second-order valence-electron chi connectivity index (χ2n) is 5.41. The molecule has 0 aliphatic heterocycles. The van der Waals surface area contributed by atoms with E-state index in [0.29, 0.717) is 17.0 Å². The number of hydrogen-bond acceptors (Lipinski definition) is 4. The van der Waals surface area contributed by atoms with Crippen molar-refractivity contribution >= 4 is 0 Å². The van der Waals surface area contributed by atoms with E-state index in [1.165, 1.54) is 30.0 Å². The highest BCUT2D eigenvalue weighted by atomic mass is 19.1. The molecule has 128 valence electrons. The van der Waals surface area contributed by atoms with Gasteiger partial charge in [0.15, 0.2) is 0 Å². The Bertz CT molecular complexity index is 936. The molecule has 3 aromatic rings. The summed E-state index contributed by atoms with van der Waals surface area (Å²) in [4.78, 5) is 12.1. The molecule has 0 saturated heterocycles. The Hall–Kier alpha value is -3.15. The molecule has 0 spiro atoms. The van der Waals surface area contributed by atoms with Crippen molar-refractivity contribution in [2.75, 3.05) is 14.2 Å². The van der Waals surface area contributed by atoms with Gasteiger partial charge in [-0.2, -0.15) is 5.10 Å². The molecular formula is C19H17FN2O3. The molecular weight excluding hydrogens is 323 g/mol. The molecule has 0 aliphatic rings. The first-order valence-electron chi connectivity index (χ1n) is 7.65. The molecule has 25 heavy (non-hydrogen) atoms. The minimum atomic E-state index is -0.457. The Kier molecular flexibility index (Phi) is 4.79. The highest BCUT2D eigenvalue weighted by Gasteiger charge is 2.10. The van der Waals surface area contributed by atoms with E-state index in [1.807, 2.05) is 24.3 Å². The Morgan fingerprint density at radius 2 is 1.64 bits per heavy atom. The number of nitrogens with zero attached hydrogens (tertiary/aromatic N) is 2. The first-order valence-corrected chi connectivity index (χ1v) is 7.65. The lowest BCUT2D eigenvalue weighted by Crippen LogP contribution is -2.22. The van der Waals surface area contributed by atoms with E-state index in [9.17, 15) is 9.18 Å². The quantitative estimate of drug-likeness (QED) is 0.716. The Morgan fingerprint density at radius 1 is 0.960 bits per heavy atom. The third-order valence-corrected chi connectivity index (χ3v) is 3.81. The standard InChI is InChI=1S/C19H17FN2O3/c1-24-14-5-3-13(4-6-14)12-22-19(23)10-9-18(21-22)16-8-7-15(25-2)11-17(16)20/h3-11H,12H2,1-2H3. The molecule has 0 aliphatic carbocycles. The lowest BCUT2D eigenvalue weighted by molar-refractivity contribution is 0.411. The summed E-state index contributed by atoms with van der Waals surface area (Å²) in [5.74, 6) is 0.701. The molecule has 0 atom stereocenters. The van der Waals surface area contributed by atoms with Crippen LogP contribution in [0.2, 0.25) is 0 Å². The predicted octanol–water partition coefficient (Wildman–Crippen LogP) is 3.11. The van der Waals surface area contributed by atoms with Crippen LogP contribution < -0.4 is 15.0 Å². The van der Waals surface area contributed by atoms with Crippen LogP contribution in [0.15, 0.2) is 59.4 Å². The Morgan fingerprint density at radius 3 is 2.28 bits per heavy atom. The number of hydrogen-bond donors (Lipinski definition) is 0. The zero-order chi connectivity index (χ0) is 17.8. The molecule has 0 fully saturated rings. The van der Waals surface area contributed by atoms with Crippen LogP contribution in [0.1, 0.15) is 5.56 Å². The normalized spacial score (nSPS) is 10.5. The van der Waals surface area contributed by atoms with Gasteiger partial charge in [-0.15, -0.1) is 0 Å². The van der Waals surface area contributed by atoms with E-state index in [0.717, 1.165) is 11.3 Å². The molecule has 0 bridgehead atoms. The third kappa shape index (κ3) is 3.68. The first-order chi connectivity index (χ1) is 12.1. The van der Waals surface area contributed by atoms with Crippen LogP contribution >= 0.6 is 0 Å². The summed E-state index contributed by atoms with van der Waals surface area (Å²) in [6, 6.07) is 14.8. The number of methoxy groups -OCH3 is 2. The van der Waals surface area contributed by atoms with Crippen LogP contribution in [-0.2, 0) is 6.54 Å². The Labute approximate surface area is 144 Å². The molecule has 2 aromatic carbocycles. The fourth-order valence-electron chi connectivity index (χ4n) is 2.44. The summed E-state index contributed by atoms with van der Waals surface area (Å²) in [6.45, 7) is 0.286. The van der Waals surface area contributed by atoms with Gasteiger partial charge in [-0.05, 0) is 35.9 Å². The summed E-state index contributed by atoms with van der Waals surface area (Å²) in [6.07, 6.45) is 0. The summed E-state index contributed by atoms with van der Waals surface area (Å²) in [7, 11) is 3.07. The monoisotopic (exact) mass is 340 g/mol. The molecule has 0 saturated carbocycles. The zero-order valence-electron chi connectivity index (χ0n) is 13.9. The largest absolute Gasteiger partial charge is 0.497 e. The smallest absolute Gasteiger partial charge is 0.267 e. The highest BCUT2D eigenvalue weighted by molar-refractivity contribution is 5.60. The van der Waals surface area contributed by atoms with Crippen molar-refractivity contribution in [1.29, 1.82) is 0 Å². The minimum Gasteiger partial charge on any atom is -0.497 e. The van der Waals surface area contributed by atoms with E-state index < -0.39 is 5.82 Å². The maximum atomic E-state index is 14.2. The highest BCUT2D eigenvalue weighted by Crippen LogP contribution is 2.24. The van der Waals surface area contributed by atoms with Crippen LogP contribution in [0.5, 0.6) is 11.5 Å². The molecule has 6 heteroatoms. The average molecular weight is 340 g/mol. The van der Waals surface area contributed by atoms with E-state index in [1.54, 1.807) is 19.2 Å². The number of rotatable bonds is 5. The van der Waals surface area contributed by atoms with E-state index in [-0.39, 0.29) is 12.1 Å².